The molecule has 0 aromatic carbocycles. The second-order valence-corrected chi connectivity index (χ2v) is 9.85. The number of hydrogen-bond acceptors (Lipinski definition) is 6. The van der Waals surface area contributed by atoms with Crippen LogP contribution in [0, 0.1) is 6.92 Å². The molecule has 2 aromatic rings. The zero-order chi connectivity index (χ0) is 22.0. The van der Waals surface area contributed by atoms with E-state index in [0.717, 1.165) is 50.8 Å². The van der Waals surface area contributed by atoms with Gasteiger partial charge in [-0.3, -0.25) is 18.9 Å². The van der Waals surface area contributed by atoms with Gasteiger partial charge in [-0.1, -0.05) is 49.8 Å². The van der Waals surface area contributed by atoms with Crippen LogP contribution in [0.2, 0.25) is 0 Å². The molecule has 2 aliphatic rings. The van der Waals surface area contributed by atoms with Gasteiger partial charge in [0.2, 0.25) is 0 Å². The van der Waals surface area contributed by atoms with Crippen molar-refractivity contribution in [3.8, 4) is 0 Å². The molecule has 31 heavy (non-hydrogen) atoms. The molecule has 0 radical (unpaired) electrons. The lowest BCUT2D eigenvalue weighted by Gasteiger charge is -2.29. The van der Waals surface area contributed by atoms with Crippen molar-refractivity contribution in [3.05, 3.63) is 44.7 Å². The molecule has 0 bridgehead atoms. The molecular formula is C23H28N4O2S2. The number of aromatic nitrogens is 2. The third kappa shape index (κ3) is 4.55. The maximum Gasteiger partial charge on any atom is 0.267 e. The lowest BCUT2D eigenvalue weighted by molar-refractivity contribution is -0.122. The first-order valence-electron chi connectivity index (χ1n) is 11.0. The Labute approximate surface area is 192 Å². The molecule has 4 rings (SSSR count). The highest BCUT2D eigenvalue weighted by Crippen LogP contribution is 2.34. The van der Waals surface area contributed by atoms with Crippen molar-refractivity contribution in [2.24, 2.45) is 0 Å². The zero-order valence-electron chi connectivity index (χ0n) is 18.1. The number of thiocarbonyl (C=S) groups is 1. The standard InChI is InChI=1S/C23H28N4O2S2/c1-3-4-6-13-26-22(29)18(31-23(26)30)14-17-20(25-11-7-5-8-12-25)24-19-10-9-16(2)15-27(19)21(17)28/h9-10,14-15H,3-8,11-13H2,1-2H3. The normalized spacial score (nSPS) is 18.6. The molecule has 0 unspecified atom stereocenters. The van der Waals surface area contributed by atoms with Gasteiger partial charge >= 0.3 is 0 Å². The maximum atomic E-state index is 13.5. The van der Waals surface area contributed by atoms with Crippen LogP contribution < -0.4 is 10.5 Å². The fourth-order valence-corrected chi connectivity index (χ4v) is 5.35. The molecular weight excluding hydrogens is 428 g/mol. The van der Waals surface area contributed by atoms with E-state index in [1.165, 1.54) is 18.2 Å². The van der Waals surface area contributed by atoms with Crippen molar-refractivity contribution in [1.29, 1.82) is 0 Å². The van der Waals surface area contributed by atoms with Gasteiger partial charge < -0.3 is 4.90 Å². The fourth-order valence-electron chi connectivity index (χ4n) is 4.06. The minimum atomic E-state index is -0.148. The molecule has 0 spiro atoms. The molecule has 0 N–H and O–H groups in total. The van der Waals surface area contributed by atoms with Gasteiger partial charge in [-0.25, -0.2) is 4.98 Å². The van der Waals surface area contributed by atoms with Crippen molar-refractivity contribution < 1.29 is 4.79 Å². The molecule has 2 saturated heterocycles. The summed E-state index contributed by atoms with van der Waals surface area (Å²) in [6.07, 6.45) is 9.93. The van der Waals surface area contributed by atoms with Gasteiger partial charge in [0.25, 0.3) is 11.5 Å². The van der Waals surface area contributed by atoms with Crippen molar-refractivity contribution in [2.45, 2.75) is 52.4 Å². The summed E-state index contributed by atoms with van der Waals surface area (Å²) in [5, 5.41) is 0. The van der Waals surface area contributed by atoms with E-state index >= 15 is 0 Å². The van der Waals surface area contributed by atoms with Gasteiger partial charge in [0, 0.05) is 25.8 Å². The molecule has 0 saturated carbocycles. The number of hydrogen-bond donors (Lipinski definition) is 0. The van der Waals surface area contributed by atoms with Gasteiger partial charge in [-0.2, -0.15) is 0 Å². The molecule has 0 atom stereocenters. The van der Waals surface area contributed by atoms with Crippen molar-refractivity contribution in [3.63, 3.8) is 0 Å². The summed E-state index contributed by atoms with van der Waals surface area (Å²) in [4.78, 5) is 35.7. The molecule has 2 fully saturated rings. The van der Waals surface area contributed by atoms with E-state index in [0.29, 0.717) is 32.8 Å². The van der Waals surface area contributed by atoms with Gasteiger partial charge in [0.1, 0.15) is 15.8 Å². The number of unbranched alkanes of at least 4 members (excludes halogenated alkanes) is 2. The first kappa shape index (κ1) is 22.0. The Morgan fingerprint density at radius 1 is 1.16 bits per heavy atom. The van der Waals surface area contributed by atoms with Crippen LogP contribution in [0.15, 0.2) is 28.0 Å². The van der Waals surface area contributed by atoms with Crippen LogP contribution in [0.4, 0.5) is 5.82 Å². The van der Waals surface area contributed by atoms with Crippen molar-refractivity contribution >= 4 is 51.7 Å². The van der Waals surface area contributed by atoms with Gasteiger partial charge in [0.05, 0.1) is 10.5 Å². The van der Waals surface area contributed by atoms with E-state index in [4.69, 9.17) is 17.2 Å². The van der Waals surface area contributed by atoms with Crippen LogP contribution in [-0.2, 0) is 4.79 Å². The summed E-state index contributed by atoms with van der Waals surface area (Å²) < 4.78 is 2.15. The Kier molecular flexibility index (Phi) is 6.77. The van der Waals surface area contributed by atoms with E-state index in [1.807, 2.05) is 19.1 Å². The first-order valence-corrected chi connectivity index (χ1v) is 12.3. The molecule has 4 heterocycles. The quantitative estimate of drug-likeness (QED) is 0.365. The lowest BCUT2D eigenvalue weighted by atomic mass is 10.1. The summed E-state index contributed by atoms with van der Waals surface area (Å²) >= 11 is 6.74. The van der Waals surface area contributed by atoms with Gasteiger partial charge in [0.15, 0.2) is 0 Å². The second kappa shape index (κ2) is 9.53. The molecule has 164 valence electrons. The molecule has 6 nitrogen and oxygen atoms in total. The van der Waals surface area contributed by atoms with Crippen molar-refractivity contribution in [2.75, 3.05) is 24.5 Å². The first-order chi connectivity index (χ1) is 15.0. The number of pyridine rings is 1. The summed E-state index contributed by atoms with van der Waals surface area (Å²) in [7, 11) is 0. The van der Waals surface area contributed by atoms with Crippen LogP contribution in [0.3, 0.4) is 0 Å². The fraction of sp³-hybridized carbons (Fsp3) is 0.478. The topological polar surface area (TPSA) is 57.9 Å². The molecule has 0 aliphatic carbocycles. The number of carbonyl (C=O) groups is 1. The number of amides is 1. The number of aryl methyl sites for hydroxylation is 1. The van der Waals surface area contributed by atoms with Crippen LogP contribution in [0.25, 0.3) is 11.7 Å². The highest BCUT2D eigenvalue weighted by atomic mass is 32.2. The highest BCUT2D eigenvalue weighted by molar-refractivity contribution is 8.26. The Balaban J connectivity index is 1.78. The van der Waals surface area contributed by atoms with Crippen LogP contribution >= 0.6 is 24.0 Å². The number of nitrogens with zero attached hydrogens (tertiary/aromatic N) is 4. The van der Waals surface area contributed by atoms with Crippen LogP contribution in [-0.4, -0.2) is 44.1 Å². The Bertz CT molecular complexity index is 1100. The summed E-state index contributed by atoms with van der Waals surface area (Å²) in [6.45, 7) is 6.45. The average Bonchev–Trinajstić information content (AvgIpc) is 3.04. The monoisotopic (exact) mass is 456 g/mol. The van der Waals surface area contributed by atoms with Gasteiger partial charge in [-0.05, 0) is 50.3 Å². The third-order valence-electron chi connectivity index (χ3n) is 5.78. The highest BCUT2D eigenvalue weighted by Gasteiger charge is 2.32. The lowest BCUT2D eigenvalue weighted by Crippen LogP contribution is -2.33. The largest absolute Gasteiger partial charge is 0.356 e. The SMILES string of the molecule is CCCCCN1C(=O)C(=Cc2c(N3CCCCC3)nc3ccc(C)cn3c2=O)SC1=S. The number of anilines is 1. The number of carbonyl (C=O) groups excluding carboxylic acids is 1. The minimum absolute atomic E-state index is 0.107. The number of piperidine rings is 1. The summed E-state index contributed by atoms with van der Waals surface area (Å²) in [5.74, 6) is 0.564. The Morgan fingerprint density at radius 3 is 2.68 bits per heavy atom. The number of thioether (sulfide) groups is 1. The van der Waals surface area contributed by atoms with E-state index in [9.17, 15) is 9.59 Å². The Morgan fingerprint density at radius 2 is 1.94 bits per heavy atom. The van der Waals surface area contributed by atoms with E-state index in [2.05, 4.69) is 11.8 Å². The minimum Gasteiger partial charge on any atom is -0.356 e. The molecule has 8 heteroatoms. The summed E-state index contributed by atoms with van der Waals surface area (Å²) in [6, 6.07) is 3.84. The van der Waals surface area contributed by atoms with E-state index in [-0.39, 0.29) is 11.5 Å². The van der Waals surface area contributed by atoms with Crippen LogP contribution in [0.1, 0.15) is 56.6 Å². The predicted octanol–water partition coefficient (Wildman–Crippen LogP) is 4.38. The molecule has 2 aromatic heterocycles. The van der Waals surface area contributed by atoms with Crippen molar-refractivity contribution in [1.82, 2.24) is 14.3 Å². The van der Waals surface area contributed by atoms with E-state index in [1.54, 1.807) is 21.6 Å². The second-order valence-electron chi connectivity index (χ2n) is 8.18. The van der Waals surface area contributed by atoms with Gasteiger partial charge in [-0.15, -0.1) is 0 Å². The zero-order valence-corrected chi connectivity index (χ0v) is 19.7. The smallest absolute Gasteiger partial charge is 0.267 e. The number of rotatable bonds is 6. The maximum absolute atomic E-state index is 13.5. The summed E-state index contributed by atoms with van der Waals surface area (Å²) in [5.41, 5.74) is 1.93. The third-order valence-corrected chi connectivity index (χ3v) is 7.15. The predicted molar refractivity (Wildman–Crippen MR) is 132 cm³/mol. The van der Waals surface area contributed by atoms with E-state index < -0.39 is 0 Å². The van der Waals surface area contributed by atoms with Crippen LogP contribution in [0.5, 0.6) is 0 Å². The molecule has 2 aliphatic heterocycles. The molecule has 1 amide bonds. The average molecular weight is 457 g/mol. The number of fused-ring (bicyclic) bond motifs is 1. The Hall–Kier alpha value is -2.19.